The van der Waals surface area contributed by atoms with E-state index in [-0.39, 0.29) is 0 Å². The van der Waals surface area contributed by atoms with Crippen LogP contribution in [0.15, 0.2) is 70.5 Å². The zero-order chi connectivity index (χ0) is 21.0. The lowest BCUT2D eigenvalue weighted by atomic mass is 9.93. The monoisotopic (exact) mass is 426 g/mol. The molecule has 0 amide bonds. The molecule has 0 saturated heterocycles. The molecular weight excluding hydrogens is 410 g/mol. The van der Waals surface area contributed by atoms with Gasteiger partial charge in [0.2, 0.25) is 5.43 Å². The van der Waals surface area contributed by atoms with Gasteiger partial charge in [-0.05, 0) is 22.8 Å². The van der Waals surface area contributed by atoms with Gasteiger partial charge in [0.1, 0.15) is 6.54 Å². The Bertz CT molecular complexity index is 1190. The van der Waals surface area contributed by atoms with E-state index < -0.39 is 41.2 Å². The van der Waals surface area contributed by atoms with E-state index in [0.29, 0.717) is 5.75 Å². The summed E-state index contributed by atoms with van der Waals surface area (Å²) in [6.45, 7) is -0.876. The van der Waals surface area contributed by atoms with E-state index in [9.17, 15) is 23.5 Å². The zero-order valence-electron chi connectivity index (χ0n) is 15.6. The summed E-state index contributed by atoms with van der Waals surface area (Å²) in [7, 11) is 0. The van der Waals surface area contributed by atoms with Crippen molar-refractivity contribution in [1.82, 2.24) is 4.68 Å². The third-order valence-electron chi connectivity index (χ3n) is 5.48. The van der Waals surface area contributed by atoms with E-state index in [1.54, 1.807) is 11.8 Å². The van der Waals surface area contributed by atoms with Crippen LogP contribution in [0, 0.1) is 0 Å². The van der Waals surface area contributed by atoms with Crippen molar-refractivity contribution in [2.75, 3.05) is 11.6 Å². The van der Waals surface area contributed by atoms with Gasteiger partial charge in [-0.25, -0.2) is 0 Å². The first kappa shape index (κ1) is 18.9. The smallest absolute Gasteiger partial charge is 0.330 e. The number of carbonyl (C=O) groups is 1. The van der Waals surface area contributed by atoms with E-state index in [2.05, 4.69) is 0 Å². The van der Waals surface area contributed by atoms with Crippen molar-refractivity contribution >= 4 is 17.5 Å². The predicted octanol–water partition coefficient (Wildman–Crippen LogP) is 3.72. The lowest BCUT2D eigenvalue weighted by Crippen LogP contribution is -2.56. The largest absolute Gasteiger partial charge is 0.503 e. The highest BCUT2D eigenvalue weighted by molar-refractivity contribution is 7.98. The van der Waals surface area contributed by atoms with Crippen LogP contribution in [0.25, 0.3) is 0 Å². The minimum Gasteiger partial charge on any atom is -0.503 e. The molecule has 5 rings (SSSR count). The fraction of sp³-hybridized carbons (Fsp3) is 0.182. The van der Waals surface area contributed by atoms with Crippen LogP contribution in [0.5, 0.6) is 5.75 Å². The Morgan fingerprint density at radius 2 is 1.70 bits per heavy atom. The molecule has 1 N–H and O–H groups in total. The molecule has 1 unspecified atom stereocenters. The highest BCUT2D eigenvalue weighted by Crippen LogP contribution is 2.44. The molecule has 0 saturated carbocycles. The fourth-order valence-electron chi connectivity index (χ4n) is 4.10. The zero-order valence-corrected chi connectivity index (χ0v) is 16.4. The van der Waals surface area contributed by atoms with Gasteiger partial charge >= 0.3 is 5.92 Å². The van der Waals surface area contributed by atoms with E-state index in [4.69, 9.17) is 0 Å². The number of carbonyl (C=O) groups excluding carboxylic acids is 1. The van der Waals surface area contributed by atoms with E-state index in [0.717, 1.165) is 27.7 Å². The molecule has 152 valence electrons. The molecule has 0 bridgehead atoms. The Labute approximate surface area is 174 Å². The molecule has 0 aliphatic carbocycles. The molecule has 8 heteroatoms. The standard InChI is InChI=1S/C22H16F2N2O3S/c23-22(24)12-26(25-10-9-16(27)20(28)19(25)21(22)29)18-14-6-2-1-5-13(14)11-30-17-8-4-3-7-15(17)18/h1-10,18,28H,11-12H2. The average molecular weight is 426 g/mol. The van der Waals surface area contributed by atoms with Crippen molar-refractivity contribution in [2.24, 2.45) is 0 Å². The Morgan fingerprint density at radius 1 is 1.00 bits per heavy atom. The Balaban J connectivity index is 1.81. The van der Waals surface area contributed by atoms with E-state index in [1.807, 2.05) is 48.5 Å². The lowest BCUT2D eigenvalue weighted by Gasteiger charge is -2.42. The van der Waals surface area contributed by atoms with Gasteiger partial charge in [0, 0.05) is 22.9 Å². The van der Waals surface area contributed by atoms with Gasteiger partial charge in [-0.3, -0.25) is 19.3 Å². The Kier molecular flexibility index (Phi) is 4.21. The van der Waals surface area contributed by atoms with Gasteiger partial charge in [-0.15, -0.1) is 11.8 Å². The number of rotatable bonds is 1. The van der Waals surface area contributed by atoms with Crippen LogP contribution in [0.2, 0.25) is 0 Å². The summed E-state index contributed by atoms with van der Waals surface area (Å²) >= 11 is 1.62. The molecular formula is C22H16F2N2O3S. The number of alkyl halides is 2. The van der Waals surface area contributed by atoms with Crippen molar-refractivity contribution in [3.05, 3.63) is 93.4 Å². The first-order valence-electron chi connectivity index (χ1n) is 9.32. The van der Waals surface area contributed by atoms with Crippen LogP contribution in [0.3, 0.4) is 0 Å². The summed E-state index contributed by atoms with van der Waals surface area (Å²) in [5.41, 5.74) is 1.09. The molecule has 1 atom stereocenters. The number of hydrogen-bond donors (Lipinski definition) is 1. The second kappa shape index (κ2) is 6.70. The summed E-state index contributed by atoms with van der Waals surface area (Å²) in [6.07, 6.45) is 1.27. The minimum atomic E-state index is -3.76. The average Bonchev–Trinajstić information content (AvgIpc) is 2.90. The SMILES string of the molecule is O=C1c2c(O)c(=O)ccn2N(C2c3ccccc3CSc3ccccc32)CC1(F)F. The number of fused-ring (bicyclic) bond motifs is 3. The predicted molar refractivity (Wildman–Crippen MR) is 109 cm³/mol. The topological polar surface area (TPSA) is 62.5 Å². The second-order valence-electron chi connectivity index (χ2n) is 7.28. The third-order valence-corrected chi connectivity index (χ3v) is 6.62. The van der Waals surface area contributed by atoms with E-state index in [1.165, 1.54) is 15.9 Å². The molecule has 30 heavy (non-hydrogen) atoms. The number of aromatic nitrogens is 1. The van der Waals surface area contributed by atoms with E-state index >= 15 is 0 Å². The normalized spacial score (nSPS) is 19.5. The van der Waals surface area contributed by atoms with Gasteiger partial charge < -0.3 is 5.11 Å². The van der Waals surface area contributed by atoms with Crippen LogP contribution >= 0.6 is 11.8 Å². The molecule has 2 aromatic carbocycles. The maximum atomic E-state index is 14.8. The molecule has 0 radical (unpaired) electrons. The van der Waals surface area contributed by atoms with Crippen LogP contribution in [-0.2, 0) is 5.75 Å². The number of benzene rings is 2. The Hall–Kier alpha value is -3.13. The molecule has 0 fully saturated rings. The molecule has 2 aliphatic rings. The Morgan fingerprint density at radius 3 is 2.50 bits per heavy atom. The van der Waals surface area contributed by atoms with Gasteiger partial charge in [-0.2, -0.15) is 8.78 Å². The highest BCUT2D eigenvalue weighted by atomic mass is 32.2. The van der Waals surface area contributed by atoms with Crippen molar-refractivity contribution in [2.45, 2.75) is 22.6 Å². The van der Waals surface area contributed by atoms with Crippen molar-refractivity contribution in [3.8, 4) is 5.75 Å². The second-order valence-corrected chi connectivity index (χ2v) is 8.30. The number of Topliss-reactive ketones (excluding diaryl/α,β-unsaturated/α-hetero) is 1. The first-order chi connectivity index (χ1) is 14.4. The number of thioether (sulfide) groups is 1. The maximum absolute atomic E-state index is 14.8. The molecule has 1 aromatic heterocycles. The number of nitrogens with zero attached hydrogens (tertiary/aromatic N) is 2. The van der Waals surface area contributed by atoms with Gasteiger partial charge in [0.15, 0.2) is 11.4 Å². The van der Waals surface area contributed by atoms with Crippen LogP contribution < -0.4 is 10.4 Å². The summed E-state index contributed by atoms with van der Waals surface area (Å²) in [6, 6.07) is 15.6. The fourth-order valence-corrected chi connectivity index (χ4v) is 5.19. The van der Waals surface area contributed by atoms with Gasteiger partial charge in [0.25, 0.3) is 5.78 Å². The first-order valence-corrected chi connectivity index (χ1v) is 10.3. The van der Waals surface area contributed by atoms with Crippen molar-refractivity contribution in [1.29, 1.82) is 0 Å². The van der Waals surface area contributed by atoms with Crippen LogP contribution in [-0.4, -0.2) is 28.0 Å². The van der Waals surface area contributed by atoms with Crippen LogP contribution in [0.1, 0.15) is 33.2 Å². The summed E-state index contributed by atoms with van der Waals surface area (Å²) in [5, 5.41) is 11.6. The molecule has 2 aliphatic heterocycles. The van der Waals surface area contributed by atoms with Gasteiger partial charge in [0.05, 0.1) is 6.04 Å². The number of hydrogen-bond acceptors (Lipinski definition) is 5. The van der Waals surface area contributed by atoms with Crippen LogP contribution in [0.4, 0.5) is 8.78 Å². The molecule has 3 heterocycles. The minimum absolute atomic E-state index is 0.632. The molecule has 3 aromatic rings. The maximum Gasteiger partial charge on any atom is 0.330 e. The van der Waals surface area contributed by atoms with Crippen molar-refractivity contribution < 1.29 is 18.7 Å². The third kappa shape index (κ3) is 2.74. The summed E-state index contributed by atoms with van der Waals surface area (Å²) in [5.74, 6) is -5.60. The lowest BCUT2D eigenvalue weighted by molar-refractivity contribution is 0.00345. The molecule has 0 spiro atoms. The summed E-state index contributed by atoms with van der Waals surface area (Å²) in [4.78, 5) is 25.2. The highest BCUT2D eigenvalue weighted by Gasteiger charge is 2.50. The quantitative estimate of drug-likeness (QED) is 0.643. The number of aromatic hydroxyl groups is 1. The number of ketones is 1. The molecule has 5 nitrogen and oxygen atoms in total. The van der Waals surface area contributed by atoms with Crippen molar-refractivity contribution in [3.63, 3.8) is 0 Å². The summed E-state index contributed by atoms with van der Waals surface area (Å²) < 4.78 is 30.8. The number of pyridine rings is 1. The number of halogens is 2. The van der Waals surface area contributed by atoms with Gasteiger partial charge in [-0.1, -0.05) is 42.5 Å².